The zero-order chi connectivity index (χ0) is 11.7. The predicted octanol–water partition coefficient (Wildman–Crippen LogP) is 1.87. The summed E-state index contributed by atoms with van der Waals surface area (Å²) in [6, 6.07) is 5.37. The zero-order valence-electron chi connectivity index (χ0n) is 9.19. The lowest BCUT2D eigenvalue weighted by molar-refractivity contribution is -0.136. The van der Waals surface area contributed by atoms with Crippen molar-refractivity contribution in [1.29, 1.82) is 0 Å². The molecule has 0 aliphatic heterocycles. The van der Waals surface area contributed by atoms with E-state index >= 15 is 0 Å². The minimum Gasteiger partial charge on any atom is -0.481 e. The van der Waals surface area contributed by atoms with E-state index in [1.54, 1.807) is 12.1 Å². The van der Waals surface area contributed by atoms with Gasteiger partial charge >= 0.3 is 5.97 Å². The molecule has 0 saturated carbocycles. The molecular weight excluding hydrogens is 204 g/mol. The van der Waals surface area contributed by atoms with Crippen LogP contribution in [-0.2, 0) is 11.2 Å². The molecule has 0 saturated heterocycles. The van der Waals surface area contributed by atoms with Crippen LogP contribution in [0, 0.1) is 13.8 Å². The largest absolute Gasteiger partial charge is 0.481 e. The number of hydrogen-bond donors (Lipinski definition) is 1. The molecule has 0 amide bonds. The third kappa shape index (κ3) is 2.00. The highest BCUT2D eigenvalue weighted by atomic mass is 16.4. The maximum atomic E-state index is 10.6. The van der Waals surface area contributed by atoms with Crippen molar-refractivity contribution >= 4 is 17.0 Å². The molecule has 1 heterocycles. The average Bonchev–Trinajstić information content (AvgIpc) is 2.19. The van der Waals surface area contributed by atoms with Crippen molar-refractivity contribution in [3.63, 3.8) is 0 Å². The van der Waals surface area contributed by atoms with Gasteiger partial charge in [0, 0.05) is 0 Å². The molecule has 0 radical (unpaired) electrons. The number of benzene rings is 1. The van der Waals surface area contributed by atoms with Gasteiger partial charge in [-0.15, -0.1) is 0 Å². The highest BCUT2D eigenvalue weighted by Crippen LogP contribution is 2.14. The SMILES string of the molecule is Cc1nc2ccc(CC(=O)O)cc2nc1C. The van der Waals surface area contributed by atoms with E-state index in [-0.39, 0.29) is 6.42 Å². The standard InChI is InChI=1S/C12H12N2O2/c1-7-8(2)14-11-5-9(6-12(15)16)3-4-10(11)13-7/h3-5H,6H2,1-2H3,(H,15,16). The number of aryl methyl sites for hydroxylation is 2. The Kier molecular flexibility index (Phi) is 2.56. The van der Waals surface area contributed by atoms with Gasteiger partial charge in [0.15, 0.2) is 0 Å². The summed E-state index contributed by atoms with van der Waals surface area (Å²) < 4.78 is 0. The Labute approximate surface area is 93.0 Å². The number of aromatic nitrogens is 2. The summed E-state index contributed by atoms with van der Waals surface area (Å²) in [6.07, 6.45) is 0.0184. The zero-order valence-corrected chi connectivity index (χ0v) is 9.19. The van der Waals surface area contributed by atoms with Crippen LogP contribution in [0.2, 0.25) is 0 Å². The van der Waals surface area contributed by atoms with E-state index in [0.717, 1.165) is 28.0 Å². The van der Waals surface area contributed by atoms with Crippen molar-refractivity contribution < 1.29 is 9.90 Å². The third-order valence-electron chi connectivity index (χ3n) is 2.50. The van der Waals surface area contributed by atoms with Gasteiger partial charge in [0.1, 0.15) is 0 Å². The van der Waals surface area contributed by atoms with Crippen LogP contribution in [0.25, 0.3) is 11.0 Å². The summed E-state index contributed by atoms with van der Waals surface area (Å²) in [4.78, 5) is 19.4. The highest BCUT2D eigenvalue weighted by molar-refractivity contribution is 5.78. The summed E-state index contributed by atoms with van der Waals surface area (Å²) >= 11 is 0. The lowest BCUT2D eigenvalue weighted by atomic mass is 10.1. The van der Waals surface area contributed by atoms with E-state index in [1.165, 1.54) is 0 Å². The molecule has 2 aromatic rings. The van der Waals surface area contributed by atoms with Gasteiger partial charge in [-0.25, -0.2) is 9.97 Å². The summed E-state index contributed by atoms with van der Waals surface area (Å²) in [5.74, 6) is -0.837. The molecule has 0 aliphatic carbocycles. The maximum Gasteiger partial charge on any atom is 0.307 e. The molecule has 82 valence electrons. The van der Waals surface area contributed by atoms with Crippen molar-refractivity contribution in [2.24, 2.45) is 0 Å². The second-order valence-electron chi connectivity index (χ2n) is 3.79. The summed E-state index contributed by atoms with van der Waals surface area (Å²) in [7, 11) is 0. The van der Waals surface area contributed by atoms with E-state index < -0.39 is 5.97 Å². The second-order valence-corrected chi connectivity index (χ2v) is 3.79. The van der Waals surface area contributed by atoms with Crippen LogP contribution >= 0.6 is 0 Å². The molecular formula is C12H12N2O2. The molecule has 4 nitrogen and oxygen atoms in total. The molecule has 0 bridgehead atoms. The number of fused-ring (bicyclic) bond motifs is 1. The van der Waals surface area contributed by atoms with Gasteiger partial charge in [-0.1, -0.05) is 6.07 Å². The predicted molar refractivity (Wildman–Crippen MR) is 60.4 cm³/mol. The molecule has 0 spiro atoms. The molecule has 0 aliphatic rings. The first-order valence-electron chi connectivity index (χ1n) is 5.02. The number of hydrogen-bond acceptors (Lipinski definition) is 3. The van der Waals surface area contributed by atoms with Crippen LogP contribution in [0.15, 0.2) is 18.2 Å². The number of nitrogens with zero attached hydrogens (tertiary/aromatic N) is 2. The Hall–Kier alpha value is -1.97. The lowest BCUT2D eigenvalue weighted by Gasteiger charge is -2.03. The summed E-state index contributed by atoms with van der Waals surface area (Å²) in [5, 5.41) is 8.70. The summed E-state index contributed by atoms with van der Waals surface area (Å²) in [5.41, 5.74) is 4.08. The van der Waals surface area contributed by atoms with Crippen molar-refractivity contribution in [3.05, 3.63) is 35.2 Å². The first-order chi connectivity index (χ1) is 7.56. The molecule has 4 heteroatoms. The number of aliphatic carboxylic acids is 1. The maximum absolute atomic E-state index is 10.6. The number of carbonyl (C=O) groups is 1. The molecule has 1 aromatic carbocycles. The fraction of sp³-hybridized carbons (Fsp3) is 0.250. The Balaban J connectivity index is 2.53. The number of rotatable bonds is 2. The van der Waals surface area contributed by atoms with E-state index in [0.29, 0.717) is 0 Å². The van der Waals surface area contributed by atoms with Crippen molar-refractivity contribution in [3.8, 4) is 0 Å². The topological polar surface area (TPSA) is 63.1 Å². The molecule has 0 fully saturated rings. The molecule has 0 atom stereocenters. The van der Waals surface area contributed by atoms with Crippen molar-refractivity contribution in [2.75, 3.05) is 0 Å². The average molecular weight is 216 g/mol. The lowest BCUT2D eigenvalue weighted by Crippen LogP contribution is -2.01. The van der Waals surface area contributed by atoms with Gasteiger partial charge in [0.2, 0.25) is 0 Å². The van der Waals surface area contributed by atoms with Gasteiger partial charge in [-0.3, -0.25) is 4.79 Å². The summed E-state index contributed by atoms with van der Waals surface area (Å²) in [6.45, 7) is 3.80. The molecule has 16 heavy (non-hydrogen) atoms. The van der Waals surface area contributed by atoms with E-state index in [2.05, 4.69) is 9.97 Å². The molecule has 0 unspecified atom stereocenters. The van der Waals surface area contributed by atoms with Gasteiger partial charge in [-0.2, -0.15) is 0 Å². The minimum absolute atomic E-state index is 0.0184. The van der Waals surface area contributed by atoms with Crippen LogP contribution in [0.3, 0.4) is 0 Å². The smallest absolute Gasteiger partial charge is 0.307 e. The van der Waals surface area contributed by atoms with E-state index in [1.807, 2.05) is 19.9 Å². The van der Waals surface area contributed by atoms with Gasteiger partial charge in [0.05, 0.1) is 28.8 Å². The fourth-order valence-corrected chi connectivity index (χ4v) is 1.56. The van der Waals surface area contributed by atoms with Crippen LogP contribution in [0.5, 0.6) is 0 Å². The van der Waals surface area contributed by atoms with Crippen molar-refractivity contribution in [1.82, 2.24) is 9.97 Å². The Morgan fingerprint density at radius 1 is 1.19 bits per heavy atom. The molecule has 2 rings (SSSR count). The quantitative estimate of drug-likeness (QED) is 0.832. The van der Waals surface area contributed by atoms with Crippen molar-refractivity contribution in [2.45, 2.75) is 20.3 Å². The molecule has 1 aromatic heterocycles. The Morgan fingerprint density at radius 2 is 1.81 bits per heavy atom. The third-order valence-corrected chi connectivity index (χ3v) is 2.50. The van der Waals surface area contributed by atoms with Crippen LogP contribution < -0.4 is 0 Å². The molecule has 1 N–H and O–H groups in total. The monoisotopic (exact) mass is 216 g/mol. The minimum atomic E-state index is -0.837. The normalized spacial score (nSPS) is 10.6. The van der Waals surface area contributed by atoms with Gasteiger partial charge in [0.25, 0.3) is 0 Å². The van der Waals surface area contributed by atoms with Crippen LogP contribution in [-0.4, -0.2) is 21.0 Å². The first-order valence-corrected chi connectivity index (χ1v) is 5.02. The second kappa shape index (κ2) is 3.89. The van der Waals surface area contributed by atoms with Crippen LogP contribution in [0.1, 0.15) is 17.0 Å². The van der Waals surface area contributed by atoms with Gasteiger partial charge < -0.3 is 5.11 Å². The number of carboxylic acids is 1. The van der Waals surface area contributed by atoms with Crippen LogP contribution in [0.4, 0.5) is 0 Å². The fourth-order valence-electron chi connectivity index (χ4n) is 1.56. The van der Waals surface area contributed by atoms with E-state index in [9.17, 15) is 4.79 Å². The number of carboxylic acid groups (broad SMARTS) is 1. The van der Waals surface area contributed by atoms with E-state index in [4.69, 9.17) is 5.11 Å². The Bertz CT molecular complexity index is 564. The first kappa shape index (κ1) is 10.5. The Morgan fingerprint density at radius 3 is 2.44 bits per heavy atom. The highest BCUT2D eigenvalue weighted by Gasteiger charge is 2.05. The van der Waals surface area contributed by atoms with Gasteiger partial charge in [-0.05, 0) is 31.5 Å².